The van der Waals surface area contributed by atoms with Gasteiger partial charge in [0.1, 0.15) is 14.1 Å². The Balaban J connectivity index is 0.000000378. The van der Waals surface area contributed by atoms with E-state index in [9.17, 15) is 0 Å². The van der Waals surface area contributed by atoms with Gasteiger partial charge in [-0.15, -0.1) is 20.5 Å². The zero-order chi connectivity index (χ0) is 22.9. The highest BCUT2D eigenvalue weighted by Crippen LogP contribution is 2.21. The van der Waals surface area contributed by atoms with Gasteiger partial charge in [-0.05, 0) is 11.1 Å². The highest BCUT2D eigenvalue weighted by Gasteiger charge is 2.09. The molecule has 0 amide bonds. The van der Waals surface area contributed by atoms with E-state index in [1.165, 1.54) is 16.7 Å². The Hall–Kier alpha value is -2.29. The molecule has 0 radical (unpaired) electrons. The van der Waals surface area contributed by atoms with E-state index in [4.69, 9.17) is 37.3 Å². The van der Waals surface area contributed by atoms with Crippen molar-refractivity contribution in [1.82, 2.24) is 0 Å². The van der Waals surface area contributed by atoms with Crippen molar-refractivity contribution < 1.29 is 71.9 Å². The van der Waals surface area contributed by atoms with Crippen molar-refractivity contribution in [2.75, 3.05) is 0 Å². The zero-order valence-corrected chi connectivity index (χ0v) is 17.3. The fourth-order valence-electron chi connectivity index (χ4n) is 2.19. The molecular formula is C17H18Cl2N3O8+. The lowest BCUT2D eigenvalue weighted by Gasteiger charge is -2.17. The number of H-pyrrole nitrogens is 1. The topological polar surface area (TPSA) is 206 Å². The molecule has 3 heterocycles. The fraction of sp³-hybridized carbons (Fsp3) is 0.118. The molecule has 0 spiro atoms. The first-order chi connectivity index (χ1) is 13.7. The Bertz CT molecular complexity index is 829. The van der Waals surface area contributed by atoms with Crippen molar-refractivity contribution in [1.29, 1.82) is 0 Å². The van der Waals surface area contributed by atoms with Gasteiger partial charge in [0, 0.05) is 36.4 Å². The van der Waals surface area contributed by atoms with Crippen molar-refractivity contribution in [2.24, 2.45) is 14.1 Å². The van der Waals surface area contributed by atoms with E-state index in [-0.39, 0.29) is 0 Å². The van der Waals surface area contributed by atoms with Crippen LogP contribution in [0.3, 0.4) is 0 Å². The molecule has 0 aliphatic rings. The van der Waals surface area contributed by atoms with Crippen molar-refractivity contribution in [3.05, 3.63) is 67.4 Å². The Kier molecular flexibility index (Phi) is 9.61. The molecular weight excluding hydrogens is 445 g/mol. The molecule has 3 aromatic heterocycles. The average Bonchev–Trinajstić information content (AvgIpc) is 2.60. The van der Waals surface area contributed by atoms with Gasteiger partial charge in [0.15, 0.2) is 31.0 Å². The maximum absolute atomic E-state index is 8.49. The first kappa shape index (κ1) is 25.7. The number of aryl methyl sites for hydroxylation is 2. The lowest BCUT2D eigenvalue weighted by atomic mass is 10.1. The van der Waals surface area contributed by atoms with Gasteiger partial charge in [0.2, 0.25) is 5.69 Å². The Morgan fingerprint density at radius 1 is 0.600 bits per heavy atom. The van der Waals surface area contributed by atoms with Gasteiger partial charge in [-0.1, -0.05) is 0 Å². The van der Waals surface area contributed by atoms with Crippen molar-refractivity contribution in [3.8, 4) is 22.4 Å². The van der Waals surface area contributed by atoms with Crippen LogP contribution >= 0.6 is 0 Å². The Morgan fingerprint density at radius 2 is 0.967 bits per heavy atom. The van der Waals surface area contributed by atoms with Crippen LogP contribution in [0.1, 0.15) is 0 Å². The minimum absolute atomic E-state index is 1.12. The molecule has 0 bridgehead atoms. The number of aromatic amines is 1. The number of halogens is 2. The maximum atomic E-state index is 8.49. The molecule has 0 saturated heterocycles. The maximum Gasteiger partial charge on any atom is 0.211 e. The van der Waals surface area contributed by atoms with Crippen LogP contribution in [-0.4, -0.2) is 0 Å². The molecule has 11 nitrogen and oxygen atoms in total. The second-order valence-electron chi connectivity index (χ2n) is 5.75. The average molecular weight is 463 g/mol. The van der Waals surface area contributed by atoms with E-state index >= 15 is 0 Å². The summed E-state index contributed by atoms with van der Waals surface area (Å²) in [5.74, 6) is 0. The summed E-state index contributed by atoms with van der Waals surface area (Å²) in [5.41, 5.74) is 4.75. The van der Waals surface area contributed by atoms with Gasteiger partial charge in [0.25, 0.3) is 0 Å². The van der Waals surface area contributed by atoms with Gasteiger partial charge in [-0.2, -0.15) is 0 Å². The second kappa shape index (κ2) is 11.2. The molecule has 3 aromatic rings. The van der Waals surface area contributed by atoms with Crippen LogP contribution in [0.25, 0.3) is 22.4 Å². The van der Waals surface area contributed by atoms with E-state index in [1.807, 2.05) is 29.4 Å². The van der Waals surface area contributed by atoms with Gasteiger partial charge >= 0.3 is 0 Å². The van der Waals surface area contributed by atoms with Crippen LogP contribution in [0.4, 0.5) is 0 Å². The number of nitrogens with one attached hydrogen (secondary N) is 1. The monoisotopic (exact) mass is 462 g/mol. The number of hydrogen-bond donors (Lipinski definition) is 0. The van der Waals surface area contributed by atoms with Crippen LogP contribution in [0.2, 0.25) is 0 Å². The Morgan fingerprint density at radius 3 is 1.37 bits per heavy atom. The van der Waals surface area contributed by atoms with Gasteiger partial charge in [-0.3, -0.25) is 0 Å². The lowest BCUT2D eigenvalue weighted by Crippen LogP contribution is -2.68. The number of hydrogen-bond acceptors (Lipinski definition) is 8. The molecule has 162 valence electrons. The third-order valence-electron chi connectivity index (χ3n) is 3.40. The summed E-state index contributed by atoms with van der Waals surface area (Å²) < 4.78 is 72.0. The molecule has 30 heavy (non-hydrogen) atoms. The van der Waals surface area contributed by atoms with Crippen molar-refractivity contribution in [2.45, 2.75) is 0 Å². The normalized spacial score (nSPS) is 11.0. The summed E-state index contributed by atoms with van der Waals surface area (Å²) in [6.07, 6.45) is 10.2. The smallest absolute Gasteiger partial charge is 0.211 e. The van der Waals surface area contributed by atoms with E-state index in [2.05, 4.69) is 66.2 Å². The standard InChI is InChI=1S/C17H17N3.2ClHO4/c1-19-9-4-14(5-10-19)16-3-8-18-17(13-16)15-6-11-20(2)12-7-15;2*2-1(3,4)5/h3-13H,1-2H3;2*(H,2,3,4,5)/q+2;;/p-1. The summed E-state index contributed by atoms with van der Waals surface area (Å²) >= 11 is 0. The third kappa shape index (κ3) is 12.3. The van der Waals surface area contributed by atoms with Crippen LogP contribution < -0.4 is 51.4 Å². The lowest BCUT2D eigenvalue weighted by molar-refractivity contribution is -2.00. The summed E-state index contributed by atoms with van der Waals surface area (Å²) in [5, 5.41) is 0. The molecule has 0 aliphatic heterocycles. The van der Waals surface area contributed by atoms with E-state index < -0.39 is 20.5 Å². The summed E-state index contributed by atoms with van der Waals surface area (Å²) in [4.78, 5) is 3.31. The summed E-state index contributed by atoms with van der Waals surface area (Å²) in [6, 6.07) is 12.8. The van der Waals surface area contributed by atoms with Gasteiger partial charge in [0.05, 0.1) is 5.56 Å². The predicted octanol–water partition coefficient (Wildman–Crippen LogP) is -8.03. The van der Waals surface area contributed by atoms with E-state index in [0.29, 0.717) is 0 Å². The van der Waals surface area contributed by atoms with Crippen LogP contribution in [-0.2, 0) is 14.1 Å². The molecule has 3 rings (SSSR count). The minimum atomic E-state index is -4.94. The first-order valence-corrected chi connectivity index (χ1v) is 10.4. The van der Waals surface area contributed by atoms with E-state index in [1.54, 1.807) is 0 Å². The number of pyridine rings is 3. The van der Waals surface area contributed by atoms with Crippen LogP contribution in [0.15, 0.2) is 67.4 Å². The zero-order valence-electron chi connectivity index (χ0n) is 15.8. The quantitative estimate of drug-likeness (QED) is 0.333. The van der Waals surface area contributed by atoms with Crippen LogP contribution in [0.5, 0.6) is 0 Å². The molecule has 1 N–H and O–H groups in total. The molecule has 0 saturated carbocycles. The SMILES string of the molecule is C[n+]1ccc(-c2cc[nH+]c(-c3cc[n+](C)cc3)c2)cc1.[O-][Cl+3]([O-])([O-])[O-].[O-][Cl+3]([O-])([O-])[O-]. The molecule has 13 heteroatoms. The second-order valence-corrected chi connectivity index (χ2v) is 7.26. The van der Waals surface area contributed by atoms with E-state index in [0.717, 1.165) is 5.69 Å². The predicted molar refractivity (Wildman–Crippen MR) is 76.2 cm³/mol. The molecule has 0 fully saturated rings. The summed E-state index contributed by atoms with van der Waals surface area (Å²) in [6.45, 7) is 0. The first-order valence-electron chi connectivity index (χ1n) is 7.89. The third-order valence-corrected chi connectivity index (χ3v) is 3.40. The number of aromatic nitrogens is 3. The van der Waals surface area contributed by atoms with Gasteiger partial charge < -0.3 is 0 Å². The Labute approximate surface area is 176 Å². The highest BCUT2D eigenvalue weighted by molar-refractivity contribution is 5.67. The largest absolute Gasteiger partial charge is 0.222 e. The molecule has 0 aliphatic carbocycles. The number of nitrogens with zero attached hydrogens (tertiary/aromatic N) is 2. The van der Waals surface area contributed by atoms with Crippen molar-refractivity contribution in [3.63, 3.8) is 0 Å². The highest BCUT2D eigenvalue weighted by atomic mass is 35.7. The molecule has 0 atom stereocenters. The van der Waals surface area contributed by atoms with Gasteiger partial charge in [-0.25, -0.2) is 51.4 Å². The van der Waals surface area contributed by atoms with Crippen LogP contribution in [0, 0.1) is 20.5 Å². The number of rotatable bonds is 2. The summed E-state index contributed by atoms with van der Waals surface area (Å²) in [7, 11) is -5.84. The minimum Gasteiger partial charge on any atom is -0.222 e. The fourth-order valence-corrected chi connectivity index (χ4v) is 2.19. The molecule has 0 aromatic carbocycles. The van der Waals surface area contributed by atoms with Crippen molar-refractivity contribution >= 4 is 0 Å². The molecule has 0 unspecified atom stereocenters.